The molecule has 1 unspecified atom stereocenters. The minimum atomic E-state index is -0.928. The fourth-order valence-electron chi connectivity index (χ4n) is 2.58. The van der Waals surface area contributed by atoms with Crippen LogP contribution in [0.25, 0.3) is 0 Å². The zero-order valence-corrected chi connectivity index (χ0v) is 9.62. The Labute approximate surface area is 95.5 Å². The highest BCUT2D eigenvalue weighted by Crippen LogP contribution is 2.35. The molecular formula is C13H18FNO. The van der Waals surface area contributed by atoms with E-state index in [1.165, 1.54) is 37.9 Å². The summed E-state index contributed by atoms with van der Waals surface area (Å²) in [5.74, 6) is 0.224. The number of halogens is 1. The van der Waals surface area contributed by atoms with Gasteiger partial charge in [0.25, 0.3) is 0 Å². The molecular weight excluding hydrogens is 205 g/mol. The van der Waals surface area contributed by atoms with Gasteiger partial charge in [0.2, 0.25) is 0 Å². The van der Waals surface area contributed by atoms with E-state index in [0.29, 0.717) is 11.6 Å². The lowest BCUT2D eigenvalue weighted by Crippen LogP contribution is -2.25. The van der Waals surface area contributed by atoms with Crippen LogP contribution in [0, 0.1) is 11.7 Å². The van der Waals surface area contributed by atoms with Gasteiger partial charge in [-0.05, 0) is 31.4 Å². The van der Waals surface area contributed by atoms with Crippen LogP contribution in [-0.2, 0) is 5.60 Å². The zero-order valence-electron chi connectivity index (χ0n) is 9.62. The van der Waals surface area contributed by atoms with Gasteiger partial charge in [-0.3, -0.25) is 4.98 Å². The van der Waals surface area contributed by atoms with Crippen LogP contribution in [0.4, 0.5) is 4.39 Å². The molecule has 3 heteroatoms. The second-order valence-electron chi connectivity index (χ2n) is 4.99. The topological polar surface area (TPSA) is 33.1 Å². The summed E-state index contributed by atoms with van der Waals surface area (Å²) in [4.78, 5) is 3.97. The molecule has 1 atom stereocenters. The summed E-state index contributed by atoms with van der Waals surface area (Å²) in [7, 11) is 0. The first-order valence-corrected chi connectivity index (χ1v) is 5.92. The lowest BCUT2D eigenvalue weighted by Gasteiger charge is -2.25. The minimum absolute atomic E-state index is 0.361. The summed E-state index contributed by atoms with van der Waals surface area (Å²) in [6, 6.07) is 2.93. The Balaban J connectivity index is 2.07. The minimum Gasteiger partial charge on any atom is -0.384 e. The smallest absolute Gasteiger partial charge is 0.141 e. The van der Waals surface area contributed by atoms with E-state index in [4.69, 9.17) is 0 Å². The number of aromatic nitrogens is 1. The summed E-state index contributed by atoms with van der Waals surface area (Å²) in [5, 5.41) is 10.4. The summed E-state index contributed by atoms with van der Waals surface area (Å²) in [5.41, 5.74) is -0.358. The van der Waals surface area contributed by atoms with Gasteiger partial charge in [-0.2, -0.15) is 0 Å². The largest absolute Gasteiger partial charge is 0.384 e. The molecule has 0 radical (unpaired) electrons. The van der Waals surface area contributed by atoms with E-state index in [2.05, 4.69) is 4.98 Å². The third-order valence-corrected chi connectivity index (χ3v) is 3.44. The third kappa shape index (κ3) is 2.59. The number of hydrogen-bond donors (Lipinski definition) is 1. The van der Waals surface area contributed by atoms with Crippen LogP contribution in [0.15, 0.2) is 18.3 Å². The molecule has 1 saturated carbocycles. The van der Waals surface area contributed by atoms with Crippen molar-refractivity contribution in [2.45, 2.75) is 44.6 Å². The fourth-order valence-corrected chi connectivity index (χ4v) is 2.58. The maximum atomic E-state index is 12.7. The molecule has 1 aliphatic rings. The number of rotatable bonds is 3. The maximum absolute atomic E-state index is 12.7. The normalized spacial score (nSPS) is 20.9. The van der Waals surface area contributed by atoms with E-state index >= 15 is 0 Å². The van der Waals surface area contributed by atoms with Crippen molar-refractivity contribution in [2.24, 2.45) is 5.92 Å². The summed E-state index contributed by atoms with van der Waals surface area (Å²) in [6.45, 7) is 1.77. The highest BCUT2D eigenvalue weighted by Gasteiger charge is 2.30. The molecule has 1 aromatic rings. The second-order valence-corrected chi connectivity index (χ2v) is 4.99. The van der Waals surface area contributed by atoms with Crippen molar-refractivity contribution in [1.29, 1.82) is 0 Å². The van der Waals surface area contributed by atoms with E-state index in [1.54, 1.807) is 13.0 Å². The predicted molar refractivity (Wildman–Crippen MR) is 60.3 cm³/mol. The number of aliphatic hydroxyl groups is 1. The average Bonchev–Trinajstić information content (AvgIpc) is 2.70. The molecule has 88 valence electrons. The molecule has 1 aliphatic carbocycles. The van der Waals surface area contributed by atoms with Crippen molar-refractivity contribution in [3.05, 3.63) is 29.8 Å². The maximum Gasteiger partial charge on any atom is 0.141 e. The van der Waals surface area contributed by atoms with Crippen molar-refractivity contribution < 1.29 is 9.50 Å². The Morgan fingerprint density at radius 2 is 2.12 bits per heavy atom. The Morgan fingerprint density at radius 3 is 2.69 bits per heavy atom. The number of nitrogens with zero attached hydrogens (tertiary/aromatic N) is 1. The van der Waals surface area contributed by atoms with Crippen molar-refractivity contribution in [3.63, 3.8) is 0 Å². The first-order chi connectivity index (χ1) is 7.58. The highest BCUT2D eigenvalue weighted by atomic mass is 19.1. The molecule has 1 N–H and O–H groups in total. The molecule has 0 spiro atoms. The van der Waals surface area contributed by atoms with Gasteiger partial charge in [0.15, 0.2) is 0 Å². The molecule has 16 heavy (non-hydrogen) atoms. The average molecular weight is 223 g/mol. The first kappa shape index (κ1) is 11.5. The lowest BCUT2D eigenvalue weighted by molar-refractivity contribution is 0.0265. The molecule has 0 bridgehead atoms. The molecule has 1 aromatic heterocycles. The quantitative estimate of drug-likeness (QED) is 0.854. The third-order valence-electron chi connectivity index (χ3n) is 3.44. The van der Waals surface area contributed by atoms with Gasteiger partial charge < -0.3 is 5.11 Å². The van der Waals surface area contributed by atoms with Crippen LogP contribution in [0.5, 0.6) is 0 Å². The number of hydrogen-bond acceptors (Lipinski definition) is 2. The van der Waals surface area contributed by atoms with Crippen LogP contribution < -0.4 is 0 Å². The van der Waals surface area contributed by atoms with Crippen LogP contribution >= 0.6 is 0 Å². The van der Waals surface area contributed by atoms with Gasteiger partial charge in [0.05, 0.1) is 11.9 Å². The van der Waals surface area contributed by atoms with Gasteiger partial charge >= 0.3 is 0 Å². The Morgan fingerprint density at radius 1 is 1.44 bits per heavy atom. The Bertz CT molecular complexity index is 341. The lowest BCUT2D eigenvalue weighted by atomic mass is 9.88. The van der Waals surface area contributed by atoms with Crippen LogP contribution in [-0.4, -0.2) is 10.1 Å². The van der Waals surface area contributed by atoms with Crippen LogP contribution in [0.3, 0.4) is 0 Å². The summed E-state index contributed by atoms with van der Waals surface area (Å²) >= 11 is 0. The van der Waals surface area contributed by atoms with Crippen molar-refractivity contribution in [2.75, 3.05) is 0 Å². The van der Waals surface area contributed by atoms with E-state index in [0.717, 1.165) is 6.42 Å². The van der Waals surface area contributed by atoms with Crippen molar-refractivity contribution in [1.82, 2.24) is 4.98 Å². The first-order valence-electron chi connectivity index (χ1n) is 5.92. The molecule has 1 heterocycles. The molecule has 0 amide bonds. The van der Waals surface area contributed by atoms with Crippen LogP contribution in [0.2, 0.25) is 0 Å². The predicted octanol–water partition coefficient (Wildman–Crippen LogP) is 3.01. The summed E-state index contributed by atoms with van der Waals surface area (Å²) in [6.07, 6.45) is 6.80. The molecule has 2 rings (SSSR count). The zero-order chi connectivity index (χ0) is 11.6. The monoisotopic (exact) mass is 223 g/mol. The molecule has 2 nitrogen and oxygen atoms in total. The number of pyridine rings is 1. The van der Waals surface area contributed by atoms with E-state index < -0.39 is 5.60 Å². The molecule has 0 aromatic carbocycles. The van der Waals surface area contributed by atoms with E-state index in [9.17, 15) is 9.50 Å². The van der Waals surface area contributed by atoms with Gasteiger partial charge in [-0.1, -0.05) is 25.7 Å². The van der Waals surface area contributed by atoms with Gasteiger partial charge in [0.1, 0.15) is 11.4 Å². The van der Waals surface area contributed by atoms with Crippen molar-refractivity contribution >= 4 is 0 Å². The Hall–Kier alpha value is -0.960. The molecule has 1 fully saturated rings. The molecule has 0 saturated heterocycles. The SMILES string of the molecule is CC(O)(CC1CCCC1)c1ccc(F)cn1. The fraction of sp³-hybridized carbons (Fsp3) is 0.615. The molecule has 0 aliphatic heterocycles. The standard InChI is InChI=1S/C13H18FNO/c1-13(16,8-10-4-2-3-5-10)12-7-6-11(14)9-15-12/h6-7,9-10,16H,2-5,8H2,1H3. The second kappa shape index (κ2) is 4.50. The Kier molecular flexibility index (Phi) is 3.24. The van der Waals surface area contributed by atoms with E-state index in [-0.39, 0.29) is 5.82 Å². The van der Waals surface area contributed by atoms with Gasteiger partial charge in [0, 0.05) is 0 Å². The summed E-state index contributed by atoms with van der Waals surface area (Å²) < 4.78 is 12.7. The van der Waals surface area contributed by atoms with E-state index in [1.807, 2.05) is 0 Å². The van der Waals surface area contributed by atoms with Crippen molar-refractivity contribution in [3.8, 4) is 0 Å². The van der Waals surface area contributed by atoms with Crippen LogP contribution in [0.1, 0.15) is 44.7 Å². The highest BCUT2D eigenvalue weighted by molar-refractivity contribution is 5.12. The van der Waals surface area contributed by atoms with Gasteiger partial charge in [-0.15, -0.1) is 0 Å². The van der Waals surface area contributed by atoms with Gasteiger partial charge in [-0.25, -0.2) is 4.39 Å².